The Morgan fingerprint density at radius 3 is 0.857 bits per heavy atom. The van der Waals surface area contributed by atoms with Gasteiger partial charge >= 0.3 is 17.1 Å². The molecule has 0 saturated heterocycles. The van der Waals surface area contributed by atoms with Gasteiger partial charge in [-0.25, -0.2) is 0 Å². The Hall–Kier alpha value is -0.311. The van der Waals surface area contributed by atoms with Gasteiger partial charge in [0.15, 0.2) is 0 Å². The zero-order valence-corrected chi connectivity index (χ0v) is 11.0. The van der Waals surface area contributed by atoms with Crippen molar-refractivity contribution in [2.75, 3.05) is 0 Å². The van der Waals surface area contributed by atoms with Crippen LogP contribution in [0.5, 0.6) is 0 Å². The van der Waals surface area contributed by atoms with E-state index in [1.54, 1.807) is 0 Å². The Kier molecular flexibility index (Phi) is 14.6. The maximum Gasteiger partial charge on any atom is 2.00 e. The van der Waals surface area contributed by atoms with Crippen LogP contribution in [0.15, 0.2) is 60.7 Å². The monoisotopic (exact) mass is 338 g/mol. The van der Waals surface area contributed by atoms with E-state index in [0.717, 1.165) is 0 Å². The maximum absolute atomic E-state index is 2.89. The van der Waals surface area contributed by atoms with Gasteiger partial charge in [-0.3, -0.25) is 0 Å². The van der Waals surface area contributed by atoms with Crippen LogP contribution in [0, 0.1) is 12.1 Å². The minimum Gasteiger partial charge on any atom is -0.184 e. The van der Waals surface area contributed by atoms with Gasteiger partial charge in [-0.1, -0.05) is 0 Å². The number of halogens is 1. The van der Waals surface area contributed by atoms with Gasteiger partial charge in [-0.2, -0.15) is 72.8 Å². The van der Waals surface area contributed by atoms with Gasteiger partial charge in [0.25, 0.3) is 0 Å². The second-order valence-corrected chi connectivity index (χ2v) is 2.15. The van der Waals surface area contributed by atoms with Crippen LogP contribution in [0.25, 0.3) is 0 Å². The minimum absolute atomic E-state index is 0. The molecule has 14 heavy (non-hydrogen) atoms. The molecule has 2 rings (SSSR count). The van der Waals surface area contributed by atoms with E-state index < -0.39 is 0 Å². The van der Waals surface area contributed by atoms with Crippen molar-refractivity contribution in [1.29, 1.82) is 0 Å². The first kappa shape index (κ1) is 16.1. The Morgan fingerprint density at radius 2 is 0.786 bits per heavy atom. The smallest absolute Gasteiger partial charge is 0.184 e. The zero-order chi connectivity index (χ0) is 8.49. The van der Waals surface area contributed by atoms with Gasteiger partial charge < -0.3 is 0 Å². The van der Waals surface area contributed by atoms with Gasteiger partial charge in [0, 0.05) is 0 Å². The summed E-state index contributed by atoms with van der Waals surface area (Å²) in [4.78, 5) is 0. The van der Waals surface area contributed by atoms with Crippen LogP contribution >= 0.6 is 24.0 Å². The van der Waals surface area contributed by atoms with E-state index in [9.17, 15) is 0 Å². The first-order chi connectivity index (χ1) is 6.00. The minimum atomic E-state index is 0. The van der Waals surface area contributed by atoms with E-state index in [1.807, 2.05) is 60.7 Å². The maximum atomic E-state index is 2.89. The fourth-order valence-electron chi connectivity index (χ4n) is 0.684. The molecular weight excluding hydrogens is 327 g/mol. The summed E-state index contributed by atoms with van der Waals surface area (Å²) in [5, 5.41) is 0. The van der Waals surface area contributed by atoms with Gasteiger partial charge in [0.05, 0.1) is 0 Å². The topological polar surface area (TPSA) is 0 Å². The Morgan fingerprint density at radius 1 is 0.500 bits per heavy atom. The number of hydrogen-bond donors (Lipinski definition) is 0. The zero-order valence-electron chi connectivity index (χ0n) is 7.54. The van der Waals surface area contributed by atoms with Gasteiger partial charge in [0.1, 0.15) is 0 Å². The van der Waals surface area contributed by atoms with Gasteiger partial charge in [-0.15, -0.1) is 24.0 Å². The first-order valence-corrected chi connectivity index (χ1v) is 3.82. The third kappa shape index (κ3) is 9.78. The van der Waals surface area contributed by atoms with Crippen molar-refractivity contribution < 1.29 is 17.1 Å². The summed E-state index contributed by atoms with van der Waals surface area (Å²) >= 11 is 0. The van der Waals surface area contributed by atoms with Gasteiger partial charge in [-0.05, 0) is 0 Å². The molecule has 2 heteroatoms. The van der Waals surface area contributed by atoms with Crippen molar-refractivity contribution in [1.82, 2.24) is 0 Å². The normalized spacial score (nSPS) is 6.86. The third-order valence-corrected chi connectivity index (χ3v) is 1.21. The molecule has 0 aliphatic rings. The number of benzene rings is 2. The fraction of sp³-hybridized carbons (Fsp3) is 0. The molecule has 0 nitrogen and oxygen atoms in total. The van der Waals surface area contributed by atoms with Crippen molar-refractivity contribution >= 4 is 24.0 Å². The van der Waals surface area contributed by atoms with Crippen LogP contribution in [0.2, 0.25) is 0 Å². The van der Waals surface area contributed by atoms with Crippen molar-refractivity contribution in [3.8, 4) is 0 Å². The van der Waals surface area contributed by atoms with Gasteiger partial charge in [0.2, 0.25) is 0 Å². The van der Waals surface area contributed by atoms with Crippen molar-refractivity contribution in [2.45, 2.75) is 0 Å². The molecule has 0 amide bonds. The average molecular weight is 338 g/mol. The summed E-state index contributed by atoms with van der Waals surface area (Å²) in [6.07, 6.45) is 0. The molecule has 0 aromatic heterocycles. The standard InChI is InChI=1S/2C6H5.Fe.HI/c2*1-2-4-6-5-3-1;;/h2*1-5H;;1H/q2*-1;+2;. The van der Waals surface area contributed by atoms with E-state index >= 15 is 0 Å². The Bertz CT molecular complexity index is 186. The summed E-state index contributed by atoms with van der Waals surface area (Å²) in [5.41, 5.74) is 0. The summed E-state index contributed by atoms with van der Waals surface area (Å²) in [7, 11) is 0. The van der Waals surface area contributed by atoms with Crippen LogP contribution in [0.1, 0.15) is 0 Å². The molecule has 2 aromatic rings. The molecule has 0 bridgehead atoms. The molecule has 0 heterocycles. The van der Waals surface area contributed by atoms with Crippen molar-refractivity contribution in [2.24, 2.45) is 0 Å². The molecule has 0 unspecified atom stereocenters. The number of rotatable bonds is 0. The van der Waals surface area contributed by atoms with Crippen LogP contribution in [0.3, 0.4) is 0 Å². The molecule has 0 aliphatic heterocycles. The van der Waals surface area contributed by atoms with Crippen LogP contribution in [0.4, 0.5) is 0 Å². The molecule has 74 valence electrons. The Labute approximate surface area is 113 Å². The molecule has 0 aliphatic carbocycles. The predicted molar refractivity (Wildman–Crippen MR) is 66.0 cm³/mol. The summed E-state index contributed by atoms with van der Waals surface area (Å²) in [6, 6.07) is 25.0. The average Bonchev–Trinajstić information content (AvgIpc) is 2.24. The molecule has 0 N–H and O–H groups in total. The second kappa shape index (κ2) is 12.7. The van der Waals surface area contributed by atoms with E-state index in [0.29, 0.717) is 0 Å². The van der Waals surface area contributed by atoms with E-state index in [2.05, 4.69) is 12.1 Å². The van der Waals surface area contributed by atoms with E-state index in [1.165, 1.54) is 0 Å². The molecule has 0 saturated carbocycles. The second-order valence-electron chi connectivity index (χ2n) is 2.15. The molecule has 2 aromatic carbocycles. The molecule has 0 fully saturated rings. The first-order valence-electron chi connectivity index (χ1n) is 3.82. The summed E-state index contributed by atoms with van der Waals surface area (Å²) in [6.45, 7) is 0. The van der Waals surface area contributed by atoms with Crippen LogP contribution < -0.4 is 0 Å². The molecule has 0 radical (unpaired) electrons. The summed E-state index contributed by atoms with van der Waals surface area (Å²) < 4.78 is 0. The summed E-state index contributed by atoms with van der Waals surface area (Å²) in [5.74, 6) is 0. The van der Waals surface area contributed by atoms with Crippen LogP contribution in [-0.4, -0.2) is 0 Å². The fourth-order valence-corrected chi connectivity index (χ4v) is 0.684. The van der Waals surface area contributed by atoms with Crippen molar-refractivity contribution in [3.05, 3.63) is 72.8 Å². The van der Waals surface area contributed by atoms with E-state index in [-0.39, 0.29) is 41.0 Å². The number of hydrogen-bond acceptors (Lipinski definition) is 0. The molecule has 0 atom stereocenters. The molecular formula is C12H11FeI. The molecule has 0 spiro atoms. The quantitative estimate of drug-likeness (QED) is 0.391. The van der Waals surface area contributed by atoms with Crippen LogP contribution in [-0.2, 0) is 17.1 Å². The Balaban J connectivity index is 0. The van der Waals surface area contributed by atoms with E-state index in [4.69, 9.17) is 0 Å². The predicted octanol–water partition coefficient (Wildman–Crippen LogP) is 3.59. The van der Waals surface area contributed by atoms with Crippen molar-refractivity contribution in [3.63, 3.8) is 0 Å². The largest absolute Gasteiger partial charge is 2.00 e. The SMILES string of the molecule is I.[Fe+2].[c-]1ccccc1.[c-]1ccccc1. The third-order valence-electron chi connectivity index (χ3n) is 1.21.